The molecule has 1 saturated carbocycles. The molecule has 0 bridgehead atoms. The molecule has 1 aliphatic carbocycles. The van der Waals surface area contributed by atoms with Gasteiger partial charge in [0.2, 0.25) is 0 Å². The third-order valence-corrected chi connectivity index (χ3v) is 3.65. The average molecular weight is 255 g/mol. The molecule has 3 heteroatoms. The van der Waals surface area contributed by atoms with Crippen molar-refractivity contribution in [2.45, 2.75) is 31.8 Å². The minimum Gasteiger partial charge on any atom is -0.270 e. The first kappa shape index (κ1) is 12.2. The molecule has 2 aromatic carbocycles. The van der Waals surface area contributed by atoms with Crippen LogP contribution in [0, 0.1) is 0 Å². The fourth-order valence-electron chi connectivity index (χ4n) is 2.62. The number of amides is 1. The van der Waals surface area contributed by atoms with Crippen LogP contribution in [0.1, 0.15) is 36.0 Å². The summed E-state index contributed by atoms with van der Waals surface area (Å²) in [6, 6.07) is 13.6. The molecule has 1 amide bonds. The monoisotopic (exact) mass is 255 g/mol. The molecule has 2 aromatic rings. The fraction of sp³-hybridized carbons (Fsp3) is 0.312. The van der Waals surface area contributed by atoms with Gasteiger partial charge in [0.05, 0.1) is 6.10 Å². The molecule has 0 unspecified atom stereocenters. The van der Waals surface area contributed by atoms with Crippen LogP contribution in [-0.2, 0) is 4.84 Å². The maximum Gasteiger partial charge on any atom is 0.275 e. The molecule has 3 rings (SSSR count). The number of hydroxylamine groups is 1. The van der Waals surface area contributed by atoms with Gasteiger partial charge in [-0.05, 0) is 29.7 Å². The Hall–Kier alpha value is -1.87. The number of hydrogen-bond donors (Lipinski definition) is 1. The molecule has 0 spiro atoms. The largest absolute Gasteiger partial charge is 0.275 e. The molecule has 1 N–H and O–H groups in total. The Morgan fingerprint density at radius 2 is 1.79 bits per heavy atom. The lowest BCUT2D eigenvalue weighted by molar-refractivity contribution is -0.0123. The van der Waals surface area contributed by atoms with E-state index >= 15 is 0 Å². The summed E-state index contributed by atoms with van der Waals surface area (Å²) in [5, 5.41) is 2.02. The molecular formula is C16H17NO2. The van der Waals surface area contributed by atoms with Gasteiger partial charge in [-0.2, -0.15) is 0 Å². The van der Waals surface area contributed by atoms with E-state index in [4.69, 9.17) is 4.84 Å². The predicted octanol–water partition coefficient (Wildman–Crippen LogP) is 3.44. The van der Waals surface area contributed by atoms with Crippen LogP contribution in [0.2, 0.25) is 0 Å². The Bertz CT molecular complexity index is 583. The number of carbonyl (C=O) groups is 1. The lowest BCUT2D eigenvalue weighted by atomic mass is 10.0. The zero-order valence-corrected chi connectivity index (χ0v) is 10.8. The summed E-state index contributed by atoms with van der Waals surface area (Å²) in [5.41, 5.74) is 3.26. The highest BCUT2D eigenvalue weighted by Gasteiger charge is 2.17. The first-order valence-electron chi connectivity index (χ1n) is 6.78. The molecular weight excluding hydrogens is 238 g/mol. The average Bonchev–Trinajstić information content (AvgIpc) is 2.97. The minimum absolute atomic E-state index is 0.163. The second-order valence-electron chi connectivity index (χ2n) is 4.98. The molecule has 19 heavy (non-hydrogen) atoms. The van der Waals surface area contributed by atoms with Crippen LogP contribution in [0.4, 0.5) is 0 Å². The van der Waals surface area contributed by atoms with Crippen LogP contribution in [-0.4, -0.2) is 12.0 Å². The van der Waals surface area contributed by atoms with Gasteiger partial charge >= 0.3 is 0 Å². The van der Waals surface area contributed by atoms with E-state index in [1.54, 1.807) is 0 Å². The molecule has 3 nitrogen and oxygen atoms in total. The summed E-state index contributed by atoms with van der Waals surface area (Å²) in [4.78, 5) is 17.6. The van der Waals surface area contributed by atoms with Crippen LogP contribution < -0.4 is 5.48 Å². The highest BCUT2D eigenvalue weighted by molar-refractivity contribution is 6.06. The summed E-state index contributed by atoms with van der Waals surface area (Å²) in [5.74, 6) is -0.163. The highest BCUT2D eigenvalue weighted by atomic mass is 16.7. The van der Waals surface area contributed by atoms with Gasteiger partial charge in [0.1, 0.15) is 0 Å². The van der Waals surface area contributed by atoms with Gasteiger partial charge in [0.15, 0.2) is 0 Å². The van der Waals surface area contributed by atoms with Crippen molar-refractivity contribution < 1.29 is 9.63 Å². The third-order valence-electron chi connectivity index (χ3n) is 3.65. The van der Waals surface area contributed by atoms with Crippen LogP contribution in [0.3, 0.4) is 0 Å². The lowest BCUT2D eigenvalue weighted by Gasteiger charge is -2.12. The second-order valence-corrected chi connectivity index (χ2v) is 4.98. The summed E-state index contributed by atoms with van der Waals surface area (Å²) < 4.78 is 0. The van der Waals surface area contributed by atoms with Gasteiger partial charge in [0.25, 0.3) is 5.91 Å². The van der Waals surface area contributed by atoms with Crippen molar-refractivity contribution in [2.75, 3.05) is 0 Å². The van der Waals surface area contributed by atoms with Gasteiger partial charge in [-0.3, -0.25) is 9.63 Å². The number of fused-ring (bicyclic) bond motifs is 1. The molecule has 0 aromatic heterocycles. The van der Waals surface area contributed by atoms with E-state index in [-0.39, 0.29) is 12.0 Å². The number of benzene rings is 2. The zero-order valence-electron chi connectivity index (χ0n) is 10.8. The molecule has 1 fully saturated rings. The van der Waals surface area contributed by atoms with Gasteiger partial charge in [0, 0.05) is 5.56 Å². The Labute approximate surface area is 112 Å². The van der Waals surface area contributed by atoms with E-state index in [1.165, 1.54) is 12.8 Å². The van der Waals surface area contributed by atoms with Crippen LogP contribution in [0.15, 0.2) is 42.5 Å². The molecule has 0 heterocycles. The predicted molar refractivity (Wildman–Crippen MR) is 74.8 cm³/mol. The van der Waals surface area contributed by atoms with E-state index in [0.29, 0.717) is 5.56 Å². The number of carbonyl (C=O) groups excluding carboxylic acids is 1. The number of rotatable bonds is 3. The Morgan fingerprint density at radius 1 is 1.05 bits per heavy atom. The van der Waals surface area contributed by atoms with E-state index in [1.807, 2.05) is 42.5 Å². The Kier molecular flexibility index (Phi) is 3.47. The van der Waals surface area contributed by atoms with E-state index in [0.717, 1.165) is 23.6 Å². The SMILES string of the molecule is O=C(NOC1CCCC1)c1cccc2ccccc12. The molecule has 98 valence electrons. The van der Waals surface area contributed by atoms with Crippen molar-refractivity contribution in [3.8, 4) is 0 Å². The maximum atomic E-state index is 12.2. The summed E-state index contributed by atoms with van der Waals surface area (Å²) >= 11 is 0. The van der Waals surface area contributed by atoms with Crippen LogP contribution >= 0.6 is 0 Å². The van der Waals surface area contributed by atoms with Crippen molar-refractivity contribution in [1.29, 1.82) is 0 Å². The summed E-state index contributed by atoms with van der Waals surface area (Å²) in [6.07, 6.45) is 4.63. The quantitative estimate of drug-likeness (QED) is 0.853. The maximum absolute atomic E-state index is 12.2. The minimum atomic E-state index is -0.163. The van der Waals surface area contributed by atoms with E-state index in [9.17, 15) is 4.79 Å². The van der Waals surface area contributed by atoms with E-state index < -0.39 is 0 Å². The van der Waals surface area contributed by atoms with Crippen molar-refractivity contribution in [2.24, 2.45) is 0 Å². The summed E-state index contributed by atoms with van der Waals surface area (Å²) in [7, 11) is 0. The highest BCUT2D eigenvalue weighted by Crippen LogP contribution is 2.21. The normalized spacial score (nSPS) is 15.8. The number of nitrogens with one attached hydrogen (secondary N) is 1. The van der Waals surface area contributed by atoms with Gasteiger partial charge in [-0.15, -0.1) is 0 Å². The topological polar surface area (TPSA) is 38.3 Å². The van der Waals surface area contributed by atoms with Gasteiger partial charge in [-0.1, -0.05) is 49.2 Å². The van der Waals surface area contributed by atoms with Crippen LogP contribution in [0.25, 0.3) is 10.8 Å². The first-order valence-corrected chi connectivity index (χ1v) is 6.78. The molecule has 1 aliphatic rings. The second kappa shape index (κ2) is 5.41. The summed E-state index contributed by atoms with van der Waals surface area (Å²) in [6.45, 7) is 0. The fourth-order valence-corrected chi connectivity index (χ4v) is 2.62. The molecule has 0 saturated heterocycles. The molecule has 0 aliphatic heterocycles. The van der Waals surface area contributed by atoms with Gasteiger partial charge < -0.3 is 0 Å². The lowest BCUT2D eigenvalue weighted by Crippen LogP contribution is -2.28. The van der Waals surface area contributed by atoms with Crippen molar-refractivity contribution in [1.82, 2.24) is 5.48 Å². The first-order chi connectivity index (χ1) is 9.34. The number of hydrogen-bond acceptors (Lipinski definition) is 2. The molecule has 0 atom stereocenters. The third kappa shape index (κ3) is 2.61. The van der Waals surface area contributed by atoms with Crippen LogP contribution in [0.5, 0.6) is 0 Å². The van der Waals surface area contributed by atoms with Gasteiger partial charge in [-0.25, -0.2) is 5.48 Å². The van der Waals surface area contributed by atoms with E-state index in [2.05, 4.69) is 5.48 Å². The molecule has 0 radical (unpaired) electrons. The van der Waals surface area contributed by atoms with Crippen molar-refractivity contribution in [3.63, 3.8) is 0 Å². The van der Waals surface area contributed by atoms with Crippen molar-refractivity contribution >= 4 is 16.7 Å². The zero-order chi connectivity index (χ0) is 13.1. The van der Waals surface area contributed by atoms with Crippen molar-refractivity contribution in [3.05, 3.63) is 48.0 Å². The Balaban J connectivity index is 1.77. The smallest absolute Gasteiger partial charge is 0.270 e. The standard InChI is InChI=1S/C16H17NO2/c18-16(17-19-13-8-2-3-9-13)15-11-5-7-12-6-1-4-10-14(12)15/h1,4-7,10-11,13H,2-3,8-9H2,(H,17,18). The Morgan fingerprint density at radius 3 is 2.63 bits per heavy atom.